The summed E-state index contributed by atoms with van der Waals surface area (Å²) in [6.07, 6.45) is 0. The van der Waals surface area contributed by atoms with Gasteiger partial charge in [-0.2, -0.15) is 0 Å². The van der Waals surface area contributed by atoms with Gasteiger partial charge in [0.15, 0.2) is 5.78 Å². The zero-order valence-corrected chi connectivity index (χ0v) is 12.7. The van der Waals surface area contributed by atoms with Crippen LogP contribution in [-0.2, 0) is 9.53 Å². The Morgan fingerprint density at radius 3 is 2.38 bits per heavy atom. The van der Waals surface area contributed by atoms with E-state index < -0.39 is 0 Å². The first-order chi connectivity index (χ1) is 10.1. The van der Waals surface area contributed by atoms with Crippen molar-refractivity contribution in [2.75, 3.05) is 47.5 Å². The van der Waals surface area contributed by atoms with E-state index in [1.807, 2.05) is 0 Å². The molecule has 0 saturated heterocycles. The van der Waals surface area contributed by atoms with Gasteiger partial charge in [0.1, 0.15) is 5.75 Å². The van der Waals surface area contributed by atoms with Crippen molar-refractivity contribution in [3.05, 3.63) is 29.8 Å². The second kappa shape index (κ2) is 9.10. The van der Waals surface area contributed by atoms with Crippen molar-refractivity contribution in [3.63, 3.8) is 0 Å². The normalized spacial score (nSPS) is 10.5. The number of hydrogen-bond acceptors (Lipinski definition) is 5. The second-order valence-corrected chi connectivity index (χ2v) is 4.67. The monoisotopic (exact) mass is 294 g/mol. The first-order valence-electron chi connectivity index (χ1n) is 6.68. The van der Waals surface area contributed by atoms with Crippen LogP contribution in [0, 0.1) is 0 Å². The Hall–Kier alpha value is -1.92. The fourth-order valence-electron chi connectivity index (χ4n) is 1.76. The summed E-state index contributed by atoms with van der Waals surface area (Å²) in [5.74, 6) is 0.541. The topological polar surface area (TPSA) is 67.9 Å². The van der Waals surface area contributed by atoms with Crippen LogP contribution in [0.3, 0.4) is 0 Å². The molecule has 0 aliphatic rings. The van der Waals surface area contributed by atoms with Gasteiger partial charge in [0.2, 0.25) is 5.91 Å². The van der Waals surface area contributed by atoms with Crippen LogP contribution in [-0.4, -0.2) is 64.1 Å². The minimum atomic E-state index is -0.128. The molecule has 0 spiro atoms. The Kier molecular flexibility index (Phi) is 7.42. The average molecular weight is 294 g/mol. The molecule has 0 atom stereocenters. The molecular weight excluding hydrogens is 272 g/mol. The summed E-state index contributed by atoms with van der Waals surface area (Å²) in [6, 6.07) is 6.91. The van der Waals surface area contributed by atoms with E-state index >= 15 is 0 Å². The van der Waals surface area contributed by atoms with E-state index in [9.17, 15) is 9.59 Å². The van der Waals surface area contributed by atoms with Crippen LogP contribution < -0.4 is 10.1 Å². The fourth-order valence-corrected chi connectivity index (χ4v) is 1.76. The molecule has 0 heterocycles. The minimum absolute atomic E-state index is 0.0372. The molecule has 0 bridgehead atoms. The molecule has 0 fully saturated rings. The number of methoxy groups -OCH3 is 2. The third-order valence-corrected chi connectivity index (χ3v) is 2.87. The van der Waals surface area contributed by atoms with Crippen molar-refractivity contribution >= 4 is 11.7 Å². The maximum atomic E-state index is 12.1. The quantitative estimate of drug-likeness (QED) is 0.533. The zero-order valence-electron chi connectivity index (χ0n) is 12.7. The molecule has 0 radical (unpaired) electrons. The summed E-state index contributed by atoms with van der Waals surface area (Å²) < 4.78 is 9.89. The van der Waals surface area contributed by atoms with Gasteiger partial charge in [0, 0.05) is 19.2 Å². The molecule has 0 unspecified atom stereocenters. The van der Waals surface area contributed by atoms with Gasteiger partial charge in [-0.25, -0.2) is 0 Å². The number of Topliss-reactive ketones (excluding diaryl/α,β-unsaturated/α-hetero) is 1. The standard InChI is InChI=1S/C15H22N2O4/c1-17(11-15(19)16-8-9-20-2)10-14(18)12-4-6-13(21-3)7-5-12/h4-7H,8-11H2,1-3H3,(H,16,19). The Morgan fingerprint density at radius 2 is 1.81 bits per heavy atom. The molecule has 21 heavy (non-hydrogen) atoms. The van der Waals surface area contributed by atoms with Crippen LogP contribution in [0.2, 0.25) is 0 Å². The van der Waals surface area contributed by atoms with Gasteiger partial charge in [0.05, 0.1) is 26.8 Å². The highest BCUT2D eigenvalue weighted by molar-refractivity contribution is 5.97. The first kappa shape index (κ1) is 17.1. The van der Waals surface area contributed by atoms with Gasteiger partial charge >= 0.3 is 0 Å². The summed E-state index contributed by atoms with van der Waals surface area (Å²) in [6.45, 7) is 1.30. The minimum Gasteiger partial charge on any atom is -0.497 e. The van der Waals surface area contributed by atoms with Gasteiger partial charge in [0.25, 0.3) is 0 Å². The molecule has 6 heteroatoms. The molecule has 116 valence electrons. The number of amides is 1. The van der Waals surface area contributed by atoms with Crippen molar-refractivity contribution in [3.8, 4) is 5.75 Å². The number of benzene rings is 1. The number of ether oxygens (including phenoxy) is 2. The van der Waals surface area contributed by atoms with E-state index in [0.717, 1.165) is 0 Å². The lowest BCUT2D eigenvalue weighted by atomic mass is 10.1. The van der Waals surface area contributed by atoms with Crippen LogP contribution in [0.4, 0.5) is 0 Å². The van der Waals surface area contributed by atoms with Crippen LogP contribution in [0.25, 0.3) is 0 Å². The predicted octanol–water partition coefficient (Wildman–Crippen LogP) is 0.572. The molecule has 0 saturated carbocycles. The van der Waals surface area contributed by atoms with E-state index in [2.05, 4.69) is 5.32 Å². The van der Waals surface area contributed by atoms with Gasteiger partial charge < -0.3 is 14.8 Å². The van der Waals surface area contributed by atoms with Crippen molar-refractivity contribution in [2.45, 2.75) is 0 Å². The Labute approximate surface area is 125 Å². The summed E-state index contributed by atoms with van der Waals surface area (Å²) in [5.41, 5.74) is 0.599. The van der Waals surface area contributed by atoms with Crippen LogP contribution in [0.5, 0.6) is 5.75 Å². The number of nitrogens with zero attached hydrogens (tertiary/aromatic N) is 1. The fraction of sp³-hybridized carbons (Fsp3) is 0.467. The van der Waals surface area contributed by atoms with E-state index in [4.69, 9.17) is 9.47 Å². The number of rotatable bonds is 9. The van der Waals surface area contributed by atoms with E-state index in [-0.39, 0.29) is 24.8 Å². The summed E-state index contributed by atoms with van der Waals surface area (Å²) in [5, 5.41) is 2.71. The highest BCUT2D eigenvalue weighted by Crippen LogP contribution is 2.11. The Balaban J connectivity index is 2.40. The van der Waals surface area contributed by atoms with Crippen LogP contribution in [0.1, 0.15) is 10.4 Å². The largest absolute Gasteiger partial charge is 0.497 e. The molecule has 1 amide bonds. The number of hydrogen-bond donors (Lipinski definition) is 1. The predicted molar refractivity (Wildman–Crippen MR) is 79.7 cm³/mol. The molecular formula is C15H22N2O4. The average Bonchev–Trinajstić information content (AvgIpc) is 2.47. The lowest BCUT2D eigenvalue weighted by Gasteiger charge is -2.15. The third-order valence-electron chi connectivity index (χ3n) is 2.87. The highest BCUT2D eigenvalue weighted by atomic mass is 16.5. The highest BCUT2D eigenvalue weighted by Gasteiger charge is 2.12. The molecule has 6 nitrogen and oxygen atoms in total. The van der Waals surface area contributed by atoms with Crippen molar-refractivity contribution in [2.24, 2.45) is 0 Å². The lowest BCUT2D eigenvalue weighted by Crippen LogP contribution is -2.38. The van der Waals surface area contributed by atoms with Gasteiger partial charge in [-0.3, -0.25) is 14.5 Å². The lowest BCUT2D eigenvalue weighted by molar-refractivity contribution is -0.122. The van der Waals surface area contributed by atoms with Crippen molar-refractivity contribution in [1.82, 2.24) is 10.2 Å². The number of nitrogens with one attached hydrogen (secondary N) is 1. The SMILES string of the molecule is COCCNC(=O)CN(C)CC(=O)c1ccc(OC)cc1. The number of carbonyl (C=O) groups is 2. The number of carbonyl (C=O) groups excluding carboxylic acids is 2. The van der Waals surface area contributed by atoms with Crippen LogP contribution >= 0.6 is 0 Å². The molecule has 1 aromatic carbocycles. The molecule has 0 aromatic heterocycles. The molecule has 0 aliphatic heterocycles. The van der Waals surface area contributed by atoms with Gasteiger partial charge in [-0.1, -0.05) is 0 Å². The summed E-state index contributed by atoms with van der Waals surface area (Å²) in [7, 11) is 4.88. The summed E-state index contributed by atoms with van der Waals surface area (Å²) in [4.78, 5) is 25.3. The third kappa shape index (κ3) is 6.37. The van der Waals surface area contributed by atoms with E-state index in [0.29, 0.717) is 24.5 Å². The Morgan fingerprint density at radius 1 is 1.14 bits per heavy atom. The van der Waals surface area contributed by atoms with Gasteiger partial charge in [-0.05, 0) is 31.3 Å². The van der Waals surface area contributed by atoms with E-state index in [1.54, 1.807) is 50.4 Å². The second-order valence-electron chi connectivity index (χ2n) is 4.67. The molecule has 0 aliphatic carbocycles. The van der Waals surface area contributed by atoms with Crippen LogP contribution in [0.15, 0.2) is 24.3 Å². The smallest absolute Gasteiger partial charge is 0.234 e. The molecule has 1 aromatic rings. The first-order valence-corrected chi connectivity index (χ1v) is 6.68. The van der Waals surface area contributed by atoms with Crippen molar-refractivity contribution in [1.29, 1.82) is 0 Å². The summed E-state index contributed by atoms with van der Waals surface area (Å²) >= 11 is 0. The Bertz CT molecular complexity index is 459. The molecule has 1 N–H and O–H groups in total. The van der Waals surface area contributed by atoms with E-state index in [1.165, 1.54) is 0 Å². The number of ketones is 1. The molecule has 1 rings (SSSR count). The number of likely N-dealkylation sites (N-methyl/N-ethyl adjacent to an activating group) is 1. The maximum absolute atomic E-state index is 12.1. The maximum Gasteiger partial charge on any atom is 0.234 e. The zero-order chi connectivity index (χ0) is 15.7. The van der Waals surface area contributed by atoms with Gasteiger partial charge in [-0.15, -0.1) is 0 Å². The van der Waals surface area contributed by atoms with Crippen molar-refractivity contribution < 1.29 is 19.1 Å².